The van der Waals surface area contributed by atoms with Gasteiger partial charge in [0.15, 0.2) is 0 Å². The highest BCUT2D eigenvalue weighted by atomic mass is 16.5. The Kier molecular flexibility index (Phi) is 3.99. The molecule has 0 fully saturated rings. The molecule has 0 saturated heterocycles. The normalized spacial score (nSPS) is 16.4. The van der Waals surface area contributed by atoms with Gasteiger partial charge in [-0.2, -0.15) is 0 Å². The van der Waals surface area contributed by atoms with Gasteiger partial charge in [0.05, 0.1) is 24.4 Å². The zero-order valence-corrected chi connectivity index (χ0v) is 13.9. The molecular weight excluding hydrogens is 330 g/mol. The standard InChI is InChI=1S/C16H17N3O6/c1-4-23-15(21)10-9(8-6-5-7-24-8)11-13(20)18(2)16(22)19(3)14(11)25-12(10)17/h5-7,9H,4,17H2,1-3H3/t9-/m0/s1. The number of fused-ring (bicyclic) bond motifs is 1. The summed E-state index contributed by atoms with van der Waals surface area (Å²) in [7, 11) is 2.79. The monoisotopic (exact) mass is 347 g/mol. The molecule has 0 radical (unpaired) electrons. The lowest BCUT2D eigenvalue weighted by Gasteiger charge is -2.27. The van der Waals surface area contributed by atoms with Crippen LogP contribution in [0, 0.1) is 0 Å². The summed E-state index contributed by atoms with van der Waals surface area (Å²) in [4.78, 5) is 37.3. The van der Waals surface area contributed by atoms with E-state index in [0.717, 1.165) is 9.13 Å². The third-order valence-electron chi connectivity index (χ3n) is 4.02. The molecule has 1 atom stereocenters. The maximum Gasteiger partial charge on any atom is 0.340 e. The topological polar surface area (TPSA) is 119 Å². The van der Waals surface area contributed by atoms with E-state index in [0.29, 0.717) is 5.76 Å². The van der Waals surface area contributed by atoms with Gasteiger partial charge in [0.2, 0.25) is 11.8 Å². The molecule has 3 heterocycles. The number of rotatable bonds is 3. The molecule has 0 spiro atoms. The summed E-state index contributed by atoms with van der Waals surface area (Å²) in [6.07, 6.45) is 1.41. The van der Waals surface area contributed by atoms with E-state index in [4.69, 9.17) is 19.6 Å². The Labute approximate surface area is 141 Å². The molecule has 0 aliphatic carbocycles. The van der Waals surface area contributed by atoms with Crippen LogP contribution in [0.1, 0.15) is 24.2 Å². The van der Waals surface area contributed by atoms with Gasteiger partial charge in [0, 0.05) is 14.1 Å². The van der Waals surface area contributed by atoms with E-state index in [1.54, 1.807) is 19.1 Å². The molecule has 2 aromatic rings. The molecule has 25 heavy (non-hydrogen) atoms. The summed E-state index contributed by atoms with van der Waals surface area (Å²) in [5.41, 5.74) is 4.78. The Morgan fingerprint density at radius 3 is 2.64 bits per heavy atom. The average Bonchev–Trinajstić information content (AvgIpc) is 3.11. The van der Waals surface area contributed by atoms with E-state index in [9.17, 15) is 14.4 Å². The maximum absolute atomic E-state index is 12.7. The Morgan fingerprint density at radius 1 is 1.32 bits per heavy atom. The number of ether oxygens (including phenoxy) is 2. The van der Waals surface area contributed by atoms with Crippen molar-refractivity contribution in [3.05, 3.63) is 62.0 Å². The quantitative estimate of drug-likeness (QED) is 0.772. The van der Waals surface area contributed by atoms with E-state index < -0.39 is 23.1 Å². The van der Waals surface area contributed by atoms with Crippen molar-refractivity contribution in [1.82, 2.24) is 9.13 Å². The summed E-state index contributed by atoms with van der Waals surface area (Å²) in [6, 6.07) is 3.23. The van der Waals surface area contributed by atoms with Crippen LogP contribution in [0.4, 0.5) is 0 Å². The zero-order chi connectivity index (χ0) is 18.3. The molecule has 0 saturated carbocycles. The van der Waals surface area contributed by atoms with Crippen LogP contribution in [0.3, 0.4) is 0 Å². The highest BCUT2D eigenvalue weighted by Crippen LogP contribution is 2.40. The number of furan rings is 1. The van der Waals surface area contributed by atoms with E-state index in [1.165, 1.54) is 20.4 Å². The SMILES string of the molecule is CCOC(=O)C1=C(N)Oc2c(c(=O)n(C)c(=O)n2C)[C@H]1c1ccco1. The molecule has 1 aliphatic rings. The summed E-state index contributed by atoms with van der Waals surface area (Å²) >= 11 is 0. The molecular formula is C16H17N3O6. The van der Waals surface area contributed by atoms with Crippen LogP contribution in [0.5, 0.6) is 5.88 Å². The molecule has 0 aromatic carbocycles. The number of carbonyl (C=O) groups is 1. The third-order valence-corrected chi connectivity index (χ3v) is 4.02. The van der Waals surface area contributed by atoms with Crippen molar-refractivity contribution >= 4 is 5.97 Å². The smallest absolute Gasteiger partial charge is 0.340 e. The number of aromatic nitrogens is 2. The van der Waals surface area contributed by atoms with Gasteiger partial charge in [0.1, 0.15) is 11.3 Å². The number of carbonyl (C=O) groups excluding carboxylic acids is 1. The van der Waals surface area contributed by atoms with E-state index in [2.05, 4.69) is 0 Å². The van der Waals surface area contributed by atoms with Gasteiger partial charge >= 0.3 is 11.7 Å². The number of esters is 1. The third kappa shape index (κ3) is 2.44. The fourth-order valence-corrected chi connectivity index (χ4v) is 2.84. The minimum atomic E-state index is -0.941. The molecule has 9 nitrogen and oxygen atoms in total. The Hall–Kier alpha value is -3.23. The van der Waals surface area contributed by atoms with Crippen LogP contribution in [-0.2, 0) is 23.6 Å². The fourth-order valence-electron chi connectivity index (χ4n) is 2.84. The number of hydrogen-bond donors (Lipinski definition) is 1. The molecule has 2 N–H and O–H groups in total. The van der Waals surface area contributed by atoms with Crippen LogP contribution in [-0.4, -0.2) is 21.7 Å². The van der Waals surface area contributed by atoms with Gasteiger partial charge in [-0.1, -0.05) is 0 Å². The molecule has 1 aliphatic heterocycles. The first-order chi connectivity index (χ1) is 11.9. The van der Waals surface area contributed by atoms with Gasteiger partial charge in [-0.25, -0.2) is 9.59 Å². The van der Waals surface area contributed by atoms with Gasteiger partial charge in [-0.15, -0.1) is 0 Å². The Bertz CT molecular complexity index is 981. The van der Waals surface area contributed by atoms with E-state index in [-0.39, 0.29) is 29.5 Å². The van der Waals surface area contributed by atoms with Gasteiger partial charge < -0.3 is 19.6 Å². The average molecular weight is 347 g/mol. The molecule has 0 bridgehead atoms. The van der Waals surface area contributed by atoms with Gasteiger partial charge in [-0.3, -0.25) is 13.9 Å². The fraction of sp³-hybridized carbons (Fsp3) is 0.312. The molecule has 0 amide bonds. The number of nitrogens with zero attached hydrogens (tertiary/aromatic N) is 2. The van der Waals surface area contributed by atoms with Crippen LogP contribution in [0.2, 0.25) is 0 Å². The van der Waals surface area contributed by atoms with Crippen LogP contribution >= 0.6 is 0 Å². The second kappa shape index (κ2) is 6.00. The number of hydrogen-bond acceptors (Lipinski definition) is 7. The summed E-state index contributed by atoms with van der Waals surface area (Å²) in [5, 5.41) is 0. The minimum absolute atomic E-state index is 0.0277. The Balaban J connectivity index is 2.36. The highest BCUT2D eigenvalue weighted by Gasteiger charge is 2.41. The molecule has 9 heteroatoms. The maximum atomic E-state index is 12.7. The second-order valence-corrected chi connectivity index (χ2v) is 5.47. The van der Waals surface area contributed by atoms with Crippen molar-refractivity contribution in [2.45, 2.75) is 12.8 Å². The van der Waals surface area contributed by atoms with Crippen molar-refractivity contribution in [2.75, 3.05) is 6.61 Å². The first-order valence-corrected chi connectivity index (χ1v) is 7.56. The molecule has 3 rings (SSSR count). The van der Waals surface area contributed by atoms with E-state index >= 15 is 0 Å². The highest BCUT2D eigenvalue weighted by molar-refractivity contribution is 5.92. The van der Waals surface area contributed by atoms with Crippen molar-refractivity contribution in [1.29, 1.82) is 0 Å². The Morgan fingerprint density at radius 2 is 2.04 bits per heavy atom. The van der Waals surface area contributed by atoms with Gasteiger partial charge in [0.25, 0.3) is 5.56 Å². The lowest BCUT2D eigenvalue weighted by molar-refractivity contribution is -0.139. The molecule has 0 unspecified atom stereocenters. The molecule has 132 valence electrons. The molecule has 2 aromatic heterocycles. The van der Waals surface area contributed by atoms with E-state index in [1.807, 2.05) is 0 Å². The summed E-state index contributed by atoms with van der Waals surface area (Å²) < 4.78 is 18.0. The second-order valence-electron chi connectivity index (χ2n) is 5.47. The first kappa shape index (κ1) is 16.6. The first-order valence-electron chi connectivity index (χ1n) is 7.56. The van der Waals surface area contributed by atoms with Crippen molar-refractivity contribution in [2.24, 2.45) is 19.8 Å². The van der Waals surface area contributed by atoms with Crippen LogP contribution in [0.15, 0.2) is 43.9 Å². The zero-order valence-electron chi connectivity index (χ0n) is 13.9. The predicted octanol–water partition coefficient (Wildman–Crippen LogP) is -0.0653. The minimum Gasteiger partial charge on any atom is -0.468 e. The lowest BCUT2D eigenvalue weighted by atomic mass is 9.88. The predicted molar refractivity (Wildman–Crippen MR) is 85.9 cm³/mol. The number of nitrogens with two attached hydrogens (primary N) is 1. The van der Waals surface area contributed by atoms with Crippen LogP contribution < -0.4 is 21.7 Å². The van der Waals surface area contributed by atoms with Crippen molar-refractivity contribution < 1.29 is 18.7 Å². The van der Waals surface area contributed by atoms with Gasteiger partial charge in [-0.05, 0) is 19.1 Å². The van der Waals surface area contributed by atoms with Crippen molar-refractivity contribution in [3.8, 4) is 5.88 Å². The van der Waals surface area contributed by atoms with Crippen LogP contribution in [0.25, 0.3) is 0 Å². The summed E-state index contributed by atoms with van der Waals surface area (Å²) in [5.74, 6) is -1.62. The lowest BCUT2D eigenvalue weighted by Crippen LogP contribution is -2.43. The largest absolute Gasteiger partial charge is 0.468 e. The van der Waals surface area contributed by atoms with Crippen molar-refractivity contribution in [3.63, 3.8) is 0 Å². The summed E-state index contributed by atoms with van der Waals surface area (Å²) in [6.45, 7) is 1.77.